The number of aromatic nitrogens is 1. The first-order valence-electron chi connectivity index (χ1n) is 12.0. The Morgan fingerprint density at radius 2 is 1.83 bits per heavy atom. The van der Waals surface area contributed by atoms with Gasteiger partial charge in [0.05, 0.1) is 27.9 Å². The quantitative estimate of drug-likeness (QED) is 0.323. The van der Waals surface area contributed by atoms with Crippen molar-refractivity contribution in [3.8, 4) is 0 Å². The van der Waals surface area contributed by atoms with E-state index in [0.29, 0.717) is 41.4 Å². The zero-order valence-corrected chi connectivity index (χ0v) is 22.2. The fourth-order valence-corrected chi connectivity index (χ4v) is 7.54. The van der Waals surface area contributed by atoms with Gasteiger partial charge < -0.3 is 4.42 Å². The van der Waals surface area contributed by atoms with Crippen molar-refractivity contribution in [1.82, 2.24) is 9.29 Å². The highest BCUT2D eigenvalue weighted by Gasteiger charge is 2.32. The van der Waals surface area contributed by atoms with E-state index in [1.807, 2.05) is 31.2 Å². The Balaban J connectivity index is 1.44. The number of benzene rings is 2. The molecule has 0 bridgehead atoms. The Bertz CT molecular complexity index is 1470. The summed E-state index contributed by atoms with van der Waals surface area (Å²) in [5.74, 6) is 0.993. The summed E-state index contributed by atoms with van der Waals surface area (Å²) < 4.78 is 34.6. The van der Waals surface area contributed by atoms with Gasteiger partial charge in [0.15, 0.2) is 5.13 Å². The maximum absolute atomic E-state index is 13.7. The minimum atomic E-state index is -3.62. The molecule has 1 fully saturated rings. The lowest BCUT2D eigenvalue weighted by Gasteiger charge is -2.34. The number of sulfonamides is 1. The maximum atomic E-state index is 13.7. The van der Waals surface area contributed by atoms with Crippen LogP contribution in [0, 0.1) is 18.8 Å². The van der Waals surface area contributed by atoms with Crippen molar-refractivity contribution < 1.29 is 17.6 Å². The van der Waals surface area contributed by atoms with Crippen molar-refractivity contribution in [3.05, 3.63) is 77.7 Å². The number of hydrogen-bond acceptors (Lipinski definition) is 6. The van der Waals surface area contributed by atoms with Gasteiger partial charge in [-0.15, -0.1) is 0 Å². The Kier molecular flexibility index (Phi) is 6.72. The smallest absolute Gasteiger partial charge is 0.260 e. The lowest BCUT2D eigenvalue weighted by molar-refractivity contribution is 0.0983. The van der Waals surface area contributed by atoms with Crippen LogP contribution < -0.4 is 4.90 Å². The zero-order valence-electron chi connectivity index (χ0n) is 20.5. The molecule has 3 heterocycles. The maximum Gasteiger partial charge on any atom is 0.260 e. The van der Waals surface area contributed by atoms with Crippen LogP contribution in [-0.2, 0) is 16.6 Å². The van der Waals surface area contributed by atoms with Crippen LogP contribution in [0.25, 0.3) is 10.2 Å². The van der Waals surface area contributed by atoms with Gasteiger partial charge in [-0.25, -0.2) is 13.4 Å². The molecule has 2 unspecified atom stereocenters. The number of anilines is 1. The summed E-state index contributed by atoms with van der Waals surface area (Å²) in [6.07, 6.45) is 2.60. The molecule has 0 spiro atoms. The standard InChI is InChI=1S/C27H29N3O4S2/c1-18-6-11-24-25(14-18)35-27(28-24)30(17-22-5-4-12-34-22)26(31)21-7-9-23(10-8-21)36(32,33)29-15-19(2)13-20(3)16-29/h4-12,14,19-20H,13,15-17H2,1-3H3. The normalized spacial score (nSPS) is 19.0. The highest BCUT2D eigenvalue weighted by atomic mass is 32.2. The van der Waals surface area contributed by atoms with Crippen molar-refractivity contribution >= 4 is 42.6 Å². The van der Waals surface area contributed by atoms with E-state index in [2.05, 4.69) is 13.8 Å². The van der Waals surface area contributed by atoms with Gasteiger partial charge in [0, 0.05) is 18.7 Å². The average molecular weight is 524 g/mol. The number of fused-ring (bicyclic) bond motifs is 1. The summed E-state index contributed by atoms with van der Waals surface area (Å²) in [5.41, 5.74) is 2.33. The molecule has 1 aliphatic heterocycles. The van der Waals surface area contributed by atoms with Crippen LogP contribution in [-0.4, -0.2) is 36.7 Å². The molecule has 1 amide bonds. The van der Waals surface area contributed by atoms with E-state index >= 15 is 0 Å². The Morgan fingerprint density at radius 1 is 1.11 bits per heavy atom. The van der Waals surface area contributed by atoms with Crippen molar-refractivity contribution in [2.24, 2.45) is 11.8 Å². The minimum Gasteiger partial charge on any atom is -0.467 e. The number of carbonyl (C=O) groups excluding carboxylic acids is 1. The fraction of sp³-hybridized carbons (Fsp3) is 0.333. The van der Waals surface area contributed by atoms with Crippen LogP contribution in [0.5, 0.6) is 0 Å². The second kappa shape index (κ2) is 9.80. The van der Waals surface area contributed by atoms with Crippen molar-refractivity contribution in [2.45, 2.75) is 38.6 Å². The number of nitrogens with zero attached hydrogens (tertiary/aromatic N) is 3. The van der Waals surface area contributed by atoms with Crippen LogP contribution in [0.2, 0.25) is 0 Å². The number of aryl methyl sites for hydroxylation is 1. The summed E-state index contributed by atoms with van der Waals surface area (Å²) in [5, 5.41) is 0.560. The van der Waals surface area contributed by atoms with Crippen LogP contribution in [0.15, 0.2) is 70.2 Å². The third-order valence-electron chi connectivity index (χ3n) is 6.48. The molecule has 1 aliphatic rings. The molecule has 7 nitrogen and oxygen atoms in total. The zero-order chi connectivity index (χ0) is 25.4. The SMILES string of the molecule is Cc1ccc2nc(N(Cc3ccco3)C(=O)c3ccc(S(=O)(=O)N4CC(C)CC(C)C4)cc3)sc2c1. The molecule has 2 aromatic heterocycles. The molecular formula is C27H29N3O4S2. The third kappa shape index (κ3) is 4.96. The number of furan rings is 1. The number of amides is 1. The summed E-state index contributed by atoms with van der Waals surface area (Å²) in [7, 11) is -3.62. The van der Waals surface area contributed by atoms with Gasteiger partial charge >= 0.3 is 0 Å². The second-order valence-corrected chi connectivity index (χ2v) is 12.7. The van der Waals surface area contributed by atoms with E-state index in [4.69, 9.17) is 9.40 Å². The van der Waals surface area contributed by atoms with E-state index < -0.39 is 10.0 Å². The van der Waals surface area contributed by atoms with Gasteiger partial charge in [0.25, 0.3) is 5.91 Å². The molecule has 9 heteroatoms. The molecule has 1 saturated heterocycles. The predicted octanol–water partition coefficient (Wildman–Crippen LogP) is 5.71. The number of thiazole rings is 1. The van der Waals surface area contributed by atoms with Crippen molar-refractivity contribution in [1.29, 1.82) is 0 Å². The van der Waals surface area contributed by atoms with Crippen LogP contribution in [0.1, 0.15) is 41.9 Å². The van der Waals surface area contributed by atoms with Crippen molar-refractivity contribution in [2.75, 3.05) is 18.0 Å². The first kappa shape index (κ1) is 24.7. The van der Waals surface area contributed by atoms with Gasteiger partial charge in [-0.3, -0.25) is 9.69 Å². The Labute approximate surface area is 215 Å². The highest BCUT2D eigenvalue weighted by molar-refractivity contribution is 7.89. The van der Waals surface area contributed by atoms with Gasteiger partial charge in [0.1, 0.15) is 5.76 Å². The second-order valence-electron chi connectivity index (χ2n) is 9.73. The summed E-state index contributed by atoms with van der Waals surface area (Å²) in [6, 6.07) is 15.8. The number of piperidine rings is 1. The highest BCUT2D eigenvalue weighted by Crippen LogP contribution is 2.32. The lowest BCUT2D eigenvalue weighted by Crippen LogP contribution is -2.42. The first-order chi connectivity index (χ1) is 17.2. The van der Waals surface area contributed by atoms with E-state index in [-0.39, 0.29) is 17.3 Å². The lowest BCUT2D eigenvalue weighted by atomic mass is 9.94. The van der Waals surface area contributed by atoms with Crippen LogP contribution in [0.3, 0.4) is 0 Å². The third-order valence-corrected chi connectivity index (χ3v) is 9.36. The number of hydrogen-bond donors (Lipinski definition) is 0. The average Bonchev–Trinajstić information content (AvgIpc) is 3.51. The van der Waals surface area contributed by atoms with E-state index in [1.54, 1.807) is 33.7 Å². The van der Waals surface area contributed by atoms with E-state index in [1.165, 1.54) is 23.5 Å². The molecule has 5 rings (SSSR count). The molecule has 2 atom stereocenters. The molecular weight excluding hydrogens is 494 g/mol. The summed E-state index contributed by atoms with van der Waals surface area (Å²) >= 11 is 1.44. The largest absolute Gasteiger partial charge is 0.467 e. The Hall–Kier alpha value is -3.01. The molecule has 0 N–H and O–H groups in total. The summed E-state index contributed by atoms with van der Waals surface area (Å²) in [4.78, 5) is 20.1. The molecule has 4 aromatic rings. The van der Waals surface area contributed by atoms with Crippen molar-refractivity contribution in [3.63, 3.8) is 0 Å². The Morgan fingerprint density at radius 3 is 2.50 bits per heavy atom. The van der Waals surface area contributed by atoms with Gasteiger partial charge in [0.2, 0.25) is 10.0 Å². The topological polar surface area (TPSA) is 83.7 Å². The molecule has 0 radical (unpaired) electrons. The van der Waals surface area contributed by atoms with Gasteiger partial charge in [-0.05, 0) is 79.3 Å². The molecule has 2 aromatic carbocycles. The number of carbonyl (C=O) groups is 1. The predicted molar refractivity (Wildman–Crippen MR) is 142 cm³/mol. The number of rotatable bonds is 6. The molecule has 0 aliphatic carbocycles. The molecule has 188 valence electrons. The van der Waals surface area contributed by atoms with E-state index in [0.717, 1.165) is 22.2 Å². The fourth-order valence-electron chi connectivity index (χ4n) is 4.80. The molecule has 0 saturated carbocycles. The minimum absolute atomic E-state index is 0.202. The van der Waals surface area contributed by atoms with Gasteiger partial charge in [-0.2, -0.15) is 4.31 Å². The summed E-state index contributed by atoms with van der Waals surface area (Å²) in [6.45, 7) is 7.43. The van der Waals surface area contributed by atoms with E-state index in [9.17, 15) is 13.2 Å². The molecule has 36 heavy (non-hydrogen) atoms. The first-order valence-corrected chi connectivity index (χ1v) is 14.3. The monoisotopic (exact) mass is 523 g/mol. The van der Waals surface area contributed by atoms with Crippen LogP contribution >= 0.6 is 11.3 Å². The van der Waals surface area contributed by atoms with Gasteiger partial charge in [-0.1, -0.05) is 31.3 Å². The van der Waals surface area contributed by atoms with Crippen LogP contribution in [0.4, 0.5) is 5.13 Å².